The van der Waals surface area contributed by atoms with Gasteiger partial charge in [-0.3, -0.25) is 0 Å². The summed E-state index contributed by atoms with van der Waals surface area (Å²) in [5, 5.41) is 0. The van der Waals surface area contributed by atoms with E-state index in [0.29, 0.717) is 0 Å². The van der Waals surface area contributed by atoms with Crippen LogP contribution in [0.25, 0.3) is 0 Å². The zero-order valence-electron chi connectivity index (χ0n) is 12.8. The van der Waals surface area contributed by atoms with Crippen molar-refractivity contribution in [3.05, 3.63) is 0 Å². The predicted octanol–water partition coefficient (Wildman–Crippen LogP) is 4.06. The van der Waals surface area contributed by atoms with Crippen molar-refractivity contribution < 1.29 is 0 Å². The average Bonchev–Trinajstić information content (AvgIpc) is 2.81. The summed E-state index contributed by atoms with van der Waals surface area (Å²) in [5.74, 6) is 14.5. The van der Waals surface area contributed by atoms with Gasteiger partial charge in [-0.25, -0.2) is 0 Å². The Morgan fingerprint density at radius 2 is 1.45 bits per heavy atom. The molecule has 8 saturated carbocycles. The van der Waals surface area contributed by atoms with Crippen LogP contribution in [0.4, 0.5) is 0 Å². The van der Waals surface area contributed by atoms with Crippen LogP contribution in [0.2, 0.25) is 0 Å². The molecule has 8 rings (SSSR count). The quantitative estimate of drug-likeness (QED) is 0.620. The molecule has 0 saturated heterocycles. The molecule has 8 aliphatic carbocycles. The maximum Gasteiger partial charge on any atom is -0.0137 e. The van der Waals surface area contributed by atoms with Crippen LogP contribution in [0.3, 0.4) is 0 Å². The molecule has 106 valence electrons. The summed E-state index contributed by atoms with van der Waals surface area (Å²) in [6.07, 6.45) is 6.75. The molecule has 0 aromatic heterocycles. The first kappa shape index (κ1) is 9.90. The Labute approximate surface area is 122 Å². The molecule has 14 unspecified atom stereocenters. The molecule has 0 aliphatic heterocycles. The molecule has 0 N–H and O–H groups in total. The van der Waals surface area contributed by atoms with Gasteiger partial charge in [-0.15, -0.1) is 0 Å². The van der Waals surface area contributed by atoms with Crippen molar-refractivity contribution >= 4 is 0 Å². The van der Waals surface area contributed by atoms with Gasteiger partial charge in [0.15, 0.2) is 0 Å². The third kappa shape index (κ3) is 0.510. The van der Waals surface area contributed by atoms with E-state index in [1.807, 2.05) is 0 Å². The summed E-state index contributed by atoms with van der Waals surface area (Å²) in [5.41, 5.74) is 1.87. The summed E-state index contributed by atoms with van der Waals surface area (Å²) in [6, 6.07) is 0. The minimum atomic E-state index is 0.934. The van der Waals surface area contributed by atoms with Crippen LogP contribution in [-0.2, 0) is 0 Å². The van der Waals surface area contributed by atoms with E-state index in [4.69, 9.17) is 0 Å². The number of rotatable bonds is 0. The van der Waals surface area contributed by atoms with E-state index in [-0.39, 0.29) is 0 Å². The zero-order valence-corrected chi connectivity index (χ0v) is 12.8. The van der Waals surface area contributed by atoms with Crippen molar-refractivity contribution in [3.63, 3.8) is 0 Å². The van der Waals surface area contributed by atoms with Crippen LogP contribution in [0.5, 0.6) is 0 Å². The maximum absolute atomic E-state index is 2.74. The molecule has 14 atom stereocenters. The van der Waals surface area contributed by atoms with E-state index in [1.165, 1.54) is 59.2 Å². The highest BCUT2D eigenvalue weighted by Gasteiger charge is 2.97. The Morgan fingerprint density at radius 3 is 2.35 bits per heavy atom. The topological polar surface area (TPSA) is 0 Å². The third-order valence-electron chi connectivity index (χ3n) is 11.8. The van der Waals surface area contributed by atoms with Gasteiger partial charge >= 0.3 is 0 Å². The van der Waals surface area contributed by atoms with E-state index >= 15 is 0 Å². The van der Waals surface area contributed by atoms with Crippen molar-refractivity contribution in [1.82, 2.24) is 0 Å². The van der Waals surface area contributed by atoms with Gasteiger partial charge in [0.25, 0.3) is 0 Å². The SMILES string of the molecule is CC1CC2C3CC4C5C6CC7C(C)C43C23C7CC6C5C13. The molecule has 8 fully saturated rings. The first-order valence-corrected chi connectivity index (χ1v) is 9.74. The smallest absolute Gasteiger partial charge is 0.0137 e. The second kappa shape index (κ2) is 2.28. The highest BCUT2D eigenvalue weighted by atomic mass is 15.0. The normalized spacial score (nSPS) is 89.1. The van der Waals surface area contributed by atoms with Crippen molar-refractivity contribution in [1.29, 1.82) is 0 Å². The fourth-order valence-corrected chi connectivity index (χ4v) is 12.6. The van der Waals surface area contributed by atoms with Gasteiger partial charge < -0.3 is 0 Å². The molecular formula is C20H26. The molecule has 20 heavy (non-hydrogen) atoms. The van der Waals surface area contributed by atoms with Gasteiger partial charge in [0.1, 0.15) is 0 Å². The summed E-state index contributed by atoms with van der Waals surface area (Å²) in [4.78, 5) is 0. The number of fused-ring (bicyclic) bond motifs is 3. The van der Waals surface area contributed by atoms with Crippen molar-refractivity contribution in [2.24, 2.45) is 81.8 Å². The number of hydrogen-bond acceptors (Lipinski definition) is 0. The molecule has 2 spiro atoms. The Balaban J connectivity index is 1.55. The fraction of sp³-hybridized carbons (Fsp3) is 1.00. The van der Waals surface area contributed by atoms with Crippen LogP contribution in [0.15, 0.2) is 0 Å². The Hall–Kier alpha value is 0. The average molecular weight is 266 g/mol. The van der Waals surface area contributed by atoms with Gasteiger partial charge in [-0.2, -0.15) is 0 Å². The van der Waals surface area contributed by atoms with Crippen LogP contribution in [-0.4, -0.2) is 0 Å². The molecule has 0 amide bonds. The van der Waals surface area contributed by atoms with E-state index in [1.54, 1.807) is 25.7 Å². The summed E-state index contributed by atoms with van der Waals surface area (Å²) in [7, 11) is 0. The standard InChI is InChI=1S/C20H26/c1-7-3-13-14-6-15-16-10-4-9-8(2)19(14,15)20(13)12(9)5-11(10)17(16)18(7)20/h7-18H,3-6H2,1-2H3. The summed E-state index contributed by atoms with van der Waals surface area (Å²) in [6.45, 7) is 5.42. The Bertz CT molecular complexity index is 591. The Morgan fingerprint density at radius 1 is 0.650 bits per heavy atom. The fourth-order valence-electron chi connectivity index (χ4n) is 12.6. The first-order chi connectivity index (χ1) is 9.74. The van der Waals surface area contributed by atoms with Gasteiger partial charge in [-0.1, -0.05) is 13.8 Å². The van der Waals surface area contributed by atoms with E-state index in [0.717, 1.165) is 22.7 Å². The summed E-state index contributed by atoms with van der Waals surface area (Å²) >= 11 is 0. The minimum Gasteiger partial charge on any atom is -0.0622 e. The predicted molar refractivity (Wildman–Crippen MR) is 76.6 cm³/mol. The van der Waals surface area contributed by atoms with Crippen LogP contribution >= 0.6 is 0 Å². The second-order valence-corrected chi connectivity index (χ2v) is 10.7. The van der Waals surface area contributed by atoms with Crippen LogP contribution in [0.1, 0.15) is 39.5 Å². The lowest BCUT2D eigenvalue weighted by Crippen LogP contribution is -2.85. The number of hydrogen-bond donors (Lipinski definition) is 0. The van der Waals surface area contributed by atoms with Crippen molar-refractivity contribution in [2.75, 3.05) is 0 Å². The van der Waals surface area contributed by atoms with Crippen LogP contribution < -0.4 is 0 Å². The van der Waals surface area contributed by atoms with E-state index in [9.17, 15) is 0 Å². The maximum atomic E-state index is 2.74. The lowest BCUT2D eigenvalue weighted by molar-refractivity contribution is -0.423. The third-order valence-corrected chi connectivity index (χ3v) is 11.8. The van der Waals surface area contributed by atoms with Crippen LogP contribution in [0, 0.1) is 81.8 Å². The molecule has 8 aliphatic rings. The lowest BCUT2D eigenvalue weighted by Gasteiger charge is -2.89. The largest absolute Gasteiger partial charge is 0.0622 e. The minimum absolute atomic E-state index is 0.934. The van der Waals surface area contributed by atoms with Gasteiger partial charge in [0, 0.05) is 0 Å². The first-order valence-electron chi connectivity index (χ1n) is 9.74. The van der Waals surface area contributed by atoms with Gasteiger partial charge in [0.2, 0.25) is 0 Å². The van der Waals surface area contributed by atoms with E-state index < -0.39 is 0 Å². The molecule has 0 radical (unpaired) electrons. The highest BCUT2D eigenvalue weighted by Crippen LogP contribution is 3.01. The zero-order chi connectivity index (χ0) is 12.8. The molecule has 0 nitrogen and oxygen atoms in total. The second-order valence-electron chi connectivity index (χ2n) is 10.7. The molecule has 0 aromatic rings. The molecule has 0 heteroatoms. The molecule has 4 bridgehead atoms. The molecule has 0 aromatic carbocycles. The van der Waals surface area contributed by atoms with Gasteiger partial charge in [-0.05, 0) is 108 Å². The summed E-state index contributed by atoms with van der Waals surface area (Å²) < 4.78 is 0. The highest BCUT2D eigenvalue weighted by molar-refractivity contribution is 5.44. The molecule has 0 heterocycles. The van der Waals surface area contributed by atoms with E-state index in [2.05, 4.69) is 13.8 Å². The monoisotopic (exact) mass is 266 g/mol. The van der Waals surface area contributed by atoms with Crippen molar-refractivity contribution in [3.8, 4) is 0 Å². The lowest BCUT2D eigenvalue weighted by atomic mass is 9.15. The van der Waals surface area contributed by atoms with Crippen molar-refractivity contribution in [2.45, 2.75) is 39.5 Å². The van der Waals surface area contributed by atoms with Gasteiger partial charge in [0.05, 0.1) is 0 Å². The molecular weight excluding hydrogens is 240 g/mol. The Kier molecular flexibility index (Phi) is 1.13.